The number of aromatic hydroxyl groups is 2. The Balaban J connectivity index is 3.06. The normalized spacial score (nSPS) is 11.4. The summed E-state index contributed by atoms with van der Waals surface area (Å²) in [5, 5.41) is 27.5. The van der Waals surface area contributed by atoms with Gasteiger partial charge in [-0.1, -0.05) is 6.07 Å². The van der Waals surface area contributed by atoms with Gasteiger partial charge in [0.25, 0.3) is 5.91 Å². The second-order valence-electron chi connectivity index (χ2n) is 3.74. The van der Waals surface area contributed by atoms with E-state index in [1.807, 2.05) is 0 Å². The van der Waals surface area contributed by atoms with Crippen LogP contribution in [0.15, 0.2) is 18.2 Å². The van der Waals surface area contributed by atoms with Crippen LogP contribution in [0.1, 0.15) is 10.4 Å². The second-order valence-corrected chi connectivity index (χ2v) is 3.74. The van der Waals surface area contributed by atoms with Crippen molar-refractivity contribution in [3.05, 3.63) is 23.8 Å². The summed E-state index contributed by atoms with van der Waals surface area (Å²) in [4.78, 5) is 12.1. The third-order valence-corrected chi connectivity index (χ3v) is 2.26. The average Bonchev–Trinajstić information content (AvgIpc) is 2.26. The van der Waals surface area contributed by atoms with Crippen LogP contribution in [0.5, 0.6) is 11.5 Å². The minimum Gasteiger partial charge on any atom is -0.507 e. The fourth-order valence-electron chi connectivity index (χ4n) is 1.50. The maximum Gasteiger partial charge on any atom is 0.406 e. The number of phenolic OH excluding ortho intramolecular Hbond substituents is 2. The van der Waals surface area contributed by atoms with Crippen LogP contribution in [0.25, 0.3) is 0 Å². The fourth-order valence-corrected chi connectivity index (χ4v) is 1.50. The number of phenols is 2. The van der Waals surface area contributed by atoms with Crippen molar-refractivity contribution in [1.29, 1.82) is 0 Å². The number of rotatable bonds is 4. The van der Waals surface area contributed by atoms with E-state index in [1.165, 1.54) is 6.07 Å². The van der Waals surface area contributed by atoms with Crippen LogP contribution in [0.3, 0.4) is 0 Å². The van der Waals surface area contributed by atoms with Gasteiger partial charge in [0.1, 0.15) is 23.6 Å². The molecule has 8 heteroatoms. The zero-order valence-electron chi connectivity index (χ0n) is 9.68. The van der Waals surface area contributed by atoms with Crippen molar-refractivity contribution in [1.82, 2.24) is 4.90 Å². The van der Waals surface area contributed by atoms with Crippen molar-refractivity contribution in [3.8, 4) is 11.5 Å². The first-order chi connectivity index (χ1) is 8.76. The minimum absolute atomic E-state index is 0.300. The molecule has 0 bridgehead atoms. The van der Waals surface area contributed by atoms with E-state index in [-0.39, 0.29) is 0 Å². The highest BCUT2D eigenvalue weighted by Gasteiger charge is 2.34. The fraction of sp³-hybridized carbons (Fsp3) is 0.364. The number of hydrogen-bond acceptors (Lipinski definition) is 4. The largest absolute Gasteiger partial charge is 0.507 e. The van der Waals surface area contributed by atoms with Crippen molar-refractivity contribution in [2.24, 2.45) is 0 Å². The lowest BCUT2D eigenvalue weighted by atomic mass is 10.1. The summed E-state index contributed by atoms with van der Waals surface area (Å²) >= 11 is 0. The van der Waals surface area contributed by atoms with Gasteiger partial charge in [0.05, 0.1) is 6.61 Å². The molecule has 106 valence electrons. The smallest absolute Gasteiger partial charge is 0.406 e. The van der Waals surface area contributed by atoms with E-state index in [0.29, 0.717) is 4.90 Å². The first-order valence-electron chi connectivity index (χ1n) is 5.24. The molecule has 0 aliphatic rings. The van der Waals surface area contributed by atoms with Gasteiger partial charge in [-0.25, -0.2) is 0 Å². The van der Waals surface area contributed by atoms with Gasteiger partial charge in [0.15, 0.2) is 0 Å². The molecule has 1 aromatic carbocycles. The number of hydrogen-bond donors (Lipinski definition) is 3. The molecule has 19 heavy (non-hydrogen) atoms. The lowest BCUT2D eigenvalue weighted by molar-refractivity contribution is -0.141. The topological polar surface area (TPSA) is 81.0 Å². The number of alkyl halides is 3. The SMILES string of the molecule is O=C(c1c(O)cccc1O)N(CCO)CC(F)(F)F. The summed E-state index contributed by atoms with van der Waals surface area (Å²) in [5.41, 5.74) is -0.625. The number of benzene rings is 1. The third-order valence-electron chi connectivity index (χ3n) is 2.26. The Kier molecular flexibility index (Phi) is 4.60. The first-order valence-corrected chi connectivity index (χ1v) is 5.24. The van der Waals surface area contributed by atoms with Crippen molar-refractivity contribution in [3.63, 3.8) is 0 Å². The van der Waals surface area contributed by atoms with Crippen LogP contribution in [0.4, 0.5) is 13.2 Å². The highest BCUT2D eigenvalue weighted by molar-refractivity contribution is 5.99. The minimum atomic E-state index is -4.65. The Labute approximate surface area is 106 Å². The summed E-state index contributed by atoms with van der Waals surface area (Å²) in [5.74, 6) is -2.47. The zero-order chi connectivity index (χ0) is 14.6. The van der Waals surface area contributed by atoms with Gasteiger partial charge < -0.3 is 20.2 Å². The number of aliphatic hydroxyl groups is 1. The maximum absolute atomic E-state index is 12.3. The van der Waals surface area contributed by atoms with E-state index in [0.717, 1.165) is 12.1 Å². The summed E-state index contributed by atoms with van der Waals surface area (Å²) in [6.07, 6.45) is -4.65. The molecule has 1 aromatic rings. The Hall–Kier alpha value is -1.96. The molecule has 3 N–H and O–H groups in total. The second kappa shape index (κ2) is 5.79. The molecule has 0 fully saturated rings. The van der Waals surface area contributed by atoms with Crippen molar-refractivity contribution in [2.45, 2.75) is 6.18 Å². The number of halogens is 3. The molecular formula is C11H12F3NO4. The summed E-state index contributed by atoms with van der Waals surface area (Å²) in [6.45, 7) is -2.82. The number of aliphatic hydroxyl groups excluding tert-OH is 1. The van der Waals surface area contributed by atoms with Crippen LogP contribution in [0, 0.1) is 0 Å². The molecule has 0 aliphatic carbocycles. The average molecular weight is 279 g/mol. The zero-order valence-corrected chi connectivity index (χ0v) is 9.68. The van der Waals surface area contributed by atoms with Crippen LogP contribution in [-0.4, -0.2) is 52.0 Å². The van der Waals surface area contributed by atoms with E-state index in [4.69, 9.17) is 5.11 Å². The summed E-state index contributed by atoms with van der Waals surface area (Å²) < 4.78 is 36.9. The molecule has 1 amide bonds. The molecule has 1 rings (SSSR count). The van der Waals surface area contributed by atoms with Crippen LogP contribution >= 0.6 is 0 Å². The van der Waals surface area contributed by atoms with Gasteiger partial charge in [-0.3, -0.25) is 4.79 Å². The standard InChI is InChI=1S/C11H12F3NO4/c12-11(13,14)6-15(4-5-16)10(19)9-7(17)2-1-3-8(9)18/h1-3,16-18H,4-6H2. The lowest BCUT2D eigenvalue weighted by Crippen LogP contribution is -2.40. The molecule has 0 spiro atoms. The predicted molar refractivity (Wildman–Crippen MR) is 58.8 cm³/mol. The van der Waals surface area contributed by atoms with Crippen molar-refractivity contribution >= 4 is 5.91 Å². The summed E-state index contributed by atoms with van der Waals surface area (Å²) in [6, 6.07) is 3.37. The van der Waals surface area contributed by atoms with E-state index in [1.54, 1.807) is 0 Å². The molecule has 0 saturated heterocycles. The van der Waals surface area contributed by atoms with Crippen molar-refractivity contribution in [2.75, 3.05) is 19.7 Å². The molecule has 0 saturated carbocycles. The van der Waals surface area contributed by atoms with Gasteiger partial charge >= 0.3 is 6.18 Å². The summed E-state index contributed by atoms with van der Waals surface area (Å²) in [7, 11) is 0. The van der Waals surface area contributed by atoms with Gasteiger partial charge in [-0.15, -0.1) is 0 Å². The lowest BCUT2D eigenvalue weighted by Gasteiger charge is -2.23. The molecule has 0 atom stereocenters. The number of amides is 1. The van der Waals surface area contributed by atoms with Gasteiger partial charge in [-0.2, -0.15) is 13.2 Å². The molecule has 5 nitrogen and oxygen atoms in total. The Morgan fingerprint density at radius 1 is 1.21 bits per heavy atom. The van der Waals surface area contributed by atoms with E-state index in [9.17, 15) is 28.2 Å². The molecule has 0 unspecified atom stereocenters. The third kappa shape index (κ3) is 4.02. The van der Waals surface area contributed by atoms with Crippen LogP contribution < -0.4 is 0 Å². The molecule has 0 heterocycles. The van der Waals surface area contributed by atoms with E-state index >= 15 is 0 Å². The van der Waals surface area contributed by atoms with E-state index < -0.39 is 48.8 Å². The molecule has 0 radical (unpaired) electrons. The van der Waals surface area contributed by atoms with E-state index in [2.05, 4.69) is 0 Å². The number of carbonyl (C=O) groups excluding carboxylic acids is 1. The number of carbonyl (C=O) groups is 1. The van der Waals surface area contributed by atoms with Crippen LogP contribution in [0.2, 0.25) is 0 Å². The molecule has 0 aliphatic heterocycles. The maximum atomic E-state index is 12.3. The Morgan fingerprint density at radius 2 is 1.74 bits per heavy atom. The highest BCUT2D eigenvalue weighted by atomic mass is 19.4. The monoisotopic (exact) mass is 279 g/mol. The first kappa shape index (κ1) is 15.1. The highest BCUT2D eigenvalue weighted by Crippen LogP contribution is 2.28. The predicted octanol–water partition coefficient (Wildman–Crippen LogP) is 1.09. The van der Waals surface area contributed by atoms with Crippen LogP contribution in [-0.2, 0) is 0 Å². The van der Waals surface area contributed by atoms with Gasteiger partial charge in [-0.05, 0) is 12.1 Å². The molecule has 0 aromatic heterocycles. The quantitative estimate of drug-likeness (QED) is 0.770. The molecular weight excluding hydrogens is 267 g/mol. The Bertz CT molecular complexity index is 441. The van der Waals surface area contributed by atoms with Crippen molar-refractivity contribution < 1.29 is 33.3 Å². The number of nitrogens with zero attached hydrogens (tertiary/aromatic N) is 1. The Morgan fingerprint density at radius 3 is 2.16 bits per heavy atom. The van der Waals surface area contributed by atoms with Gasteiger partial charge in [0, 0.05) is 6.54 Å². The van der Waals surface area contributed by atoms with Gasteiger partial charge in [0.2, 0.25) is 0 Å².